The summed E-state index contributed by atoms with van der Waals surface area (Å²) in [6.45, 7) is 5.31. The van der Waals surface area contributed by atoms with Crippen molar-refractivity contribution >= 4 is 15.9 Å². The van der Waals surface area contributed by atoms with Crippen LogP contribution in [0.5, 0.6) is 0 Å². The van der Waals surface area contributed by atoms with Crippen molar-refractivity contribution < 1.29 is 12.8 Å². The second-order valence-corrected chi connectivity index (χ2v) is 6.87. The normalized spacial score (nSPS) is 17.2. The van der Waals surface area contributed by atoms with E-state index in [0.29, 0.717) is 38.2 Å². The SMILES string of the molecule is CCNS(=O)(=O)NC1CCN(c2cc(C)ccc2F)CC1. The average molecular weight is 315 g/mol. The number of hydrogen-bond acceptors (Lipinski definition) is 3. The fraction of sp³-hybridized carbons (Fsp3) is 0.571. The molecule has 0 spiro atoms. The summed E-state index contributed by atoms with van der Waals surface area (Å²) >= 11 is 0. The zero-order chi connectivity index (χ0) is 15.5. The summed E-state index contributed by atoms with van der Waals surface area (Å²) in [5, 5.41) is 0. The molecule has 0 saturated carbocycles. The average Bonchev–Trinajstić information content (AvgIpc) is 2.42. The van der Waals surface area contributed by atoms with Crippen molar-refractivity contribution in [2.24, 2.45) is 0 Å². The molecule has 1 aliphatic rings. The molecule has 1 saturated heterocycles. The predicted molar refractivity (Wildman–Crippen MR) is 82.1 cm³/mol. The van der Waals surface area contributed by atoms with E-state index in [1.807, 2.05) is 17.9 Å². The van der Waals surface area contributed by atoms with Crippen LogP contribution in [0, 0.1) is 12.7 Å². The van der Waals surface area contributed by atoms with Crippen molar-refractivity contribution in [1.29, 1.82) is 0 Å². The Morgan fingerprint density at radius 1 is 1.33 bits per heavy atom. The molecule has 0 aliphatic carbocycles. The maximum atomic E-state index is 13.9. The lowest BCUT2D eigenvalue weighted by molar-refractivity contribution is 0.453. The van der Waals surface area contributed by atoms with Gasteiger partial charge in [0.2, 0.25) is 0 Å². The van der Waals surface area contributed by atoms with E-state index in [9.17, 15) is 12.8 Å². The molecule has 1 fully saturated rings. The molecule has 0 amide bonds. The minimum atomic E-state index is -3.42. The molecule has 0 bridgehead atoms. The van der Waals surface area contributed by atoms with Gasteiger partial charge in [-0.05, 0) is 37.5 Å². The van der Waals surface area contributed by atoms with Gasteiger partial charge in [-0.3, -0.25) is 0 Å². The molecule has 2 N–H and O–H groups in total. The Morgan fingerprint density at radius 2 is 2.00 bits per heavy atom. The molecule has 0 radical (unpaired) electrons. The summed E-state index contributed by atoms with van der Waals surface area (Å²) in [5.41, 5.74) is 1.62. The molecule has 118 valence electrons. The van der Waals surface area contributed by atoms with E-state index in [4.69, 9.17) is 0 Å². The van der Waals surface area contributed by atoms with Gasteiger partial charge in [0.25, 0.3) is 10.2 Å². The molecule has 21 heavy (non-hydrogen) atoms. The van der Waals surface area contributed by atoms with Crippen LogP contribution >= 0.6 is 0 Å². The first-order chi connectivity index (χ1) is 9.91. The number of hydrogen-bond donors (Lipinski definition) is 2. The number of nitrogens with zero attached hydrogens (tertiary/aromatic N) is 1. The van der Waals surface area contributed by atoms with Gasteiger partial charge in [0.1, 0.15) is 5.82 Å². The Kier molecular flexibility index (Phi) is 5.18. The summed E-state index contributed by atoms with van der Waals surface area (Å²) in [4.78, 5) is 1.97. The van der Waals surface area contributed by atoms with Gasteiger partial charge < -0.3 is 4.90 Å². The molecule has 7 heteroatoms. The topological polar surface area (TPSA) is 61.4 Å². The van der Waals surface area contributed by atoms with Crippen LogP contribution < -0.4 is 14.3 Å². The lowest BCUT2D eigenvalue weighted by Crippen LogP contribution is -2.48. The maximum Gasteiger partial charge on any atom is 0.277 e. The second kappa shape index (κ2) is 6.72. The Balaban J connectivity index is 1.96. The molecule has 0 atom stereocenters. The van der Waals surface area contributed by atoms with Gasteiger partial charge in [0, 0.05) is 25.7 Å². The summed E-state index contributed by atoms with van der Waals surface area (Å²) < 4.78 is 42.2. The first-order valence-corrected chi connectivity index (χ1v) is 8.67. The van der Waals surface area contributed by atoms with E-state index in [1.54, 1.807) is 13.0 Å². The maximum absolute atomic E-state index is 13.9. The molecule has 1 heterocycles. The van der Waals surface area contributed by atoms with E-state index in [0.717, 1.165) is 5.56 Å². The van der Waals surface area contributed by atoms with Crippen LogP contribution in [0.1, 0.15) is 25.3 Å². The number of anilines is 1. The fourth-order valence-corrected chi connectivity index (χ4v) is 3.69. The molecule has 1 aliphatic heterocycles. The Hall–Kier alpha value is -1.18. The third-order valence-electron chi connectivity index (χ3n) is 3.59. The second-order valence-electron chi connectivity index (χ2n) is 5.34. The first kappa shape index (κ1) is 16.2. The summed E-state index contributed by atoms with van der Waals surface area (Å²) in [5.74, 6) is -0.229. The van der Waals surface area contributed by atoms with Crippen molar-refractivity contribution in [2.75, 3.05) is 24.5 Å². The zero-order valence-electron chi connectivity index (χ0n) is 12.4. The van der Waals surface area contributed by atoms with Crippen molar-refractivity contribution in [3.8, 4) is 0 Å². The van der Waals surface area contributed by atoms with Crippen molar-refractivity contribution in [1.82, 2.24) is 9.44 Å². The van der Waals surface area contributed by atoms with Crippen LogP contribution in [0.25, 0.3) is 0 Å². The smallest absolute Gasteiger partial charge is 0.277 e. The van der Waals surface area contributed by atoms with Crippen LogP contribution in [0.2, 0.25) is 0 Å². The number of nitrogens with one attached hydrogen (secondary N) is 2. The van der Waals surface area contributed by atoms with E-state index in [1.165, 1.54) is 6.07 Å². The molecular formula is C14H22FN3O2S. The van der Waals surface area contributed by atoms with Gasteiger partial charge in [0.15, 0.2) is 0 Å². The van der Waals surface area contributed by atoms with Crippen LogP contribution in [0.4, 0.5) is 10.1 Å². The minimum absolute atomic E-state index is 0.0989. The Bertz CT molecular complexity index is 584. The molecule has 0 aromatic heterocycles. The van der Waals surface area contributed by atoms with Crippen molar-refractivity contribution in [3.05, 3.63) is 29.6 Å². The molecule has 1 aromatic carbocycles. The Labute approximate surface area is 125 Å². The van der Waals surface area contributed by atoms with Gasteiger partial charge in [-0.2, -0.15) is 13.1 Å². The Morgan fingerprint density at radius 3 is 2.62 bits per heavy atom. The molecule has 5 nitrogen and oxygen atoms in total. The fourth-order valence-electron chi connectivity index (χ4n) is 2.55. The third kappa shape index (κ3) is 4.39. The molecule has 1 aromatic rings. The van der Waals surface area contributed by atoms with E-state index in [2.05, 4.69) is 9.44 Å². The molecule has 2 rings (SSSR count). The highest BCUT2D eigenvalue weighted by Crippen LogP contribution is 2.24. The van der Waals surface area contributed by atoms with Crippen LogP contribution in [-0.2, 0) is 10.2 Å². The third-order valence-corrected chi connectivity index (χ3v) is 4.91. The van der Waals surface area contributed by atoms with Crippen LogP contribution in [0.15, 0.2) is 18.2 Å². The molecule has 0 unspecified atom stereocenters. The van der Waals surface area contributed by atoms with Crippen molar-refractivity contribution in [3.63, 3.8) is 0 Å². The van der Waals surface area contributed by atoms with Gasteiger partial charge in [-0.25, -0.2) is 9.11 Å². The number of rotatable bonds is 5. The largest absolute Gasteiger partial charge is 0.369 e. The quantitative estimate of drug-likeness (QED) is 0.866. The van der Waals surface area contributed by atoms with E-state index >= 15 is 0 Å². The summed E-state index contributed by atoms with van der Waals surface area (Å²) in [6.07, 6.45) is 1.33. The summed E-state index contributed by atoms with van der Waals surface area (Å²) in [6, 6.07) is 4.96. The van der Waals surface area contributed by atoms with Crippen LogP contribution in [-0.4, -0.2) is 34.1 Å². The standard InChI is InChI=1S/C14H22FN3O2S/c1-3-16-21(19,20)17-12-6-8-18(9-7-12)14-10-11(2)4-5-13(14)15/h4-5,10,12,16-17H,3,6-9H2,1-2H3. The van der Waals surface area contributed by atoms with Gasteiger partial charge in [-0.1, -0.05) is 13.0 Å². The number of piperidine rings is 1. The minimum Gasteiger partial charge on any atom is -0.369 e. The highest BCUT2D eigenvalue weighted by Gasteiger charge is 2.24. The van der Waals surface area contributed by atoms with Gasteiger partial charge in [-0.15, -0.1) is 0 Å². The number of halogens is 1. The molecular weight excluding hydrogens is 293 g/mol. The van der Waals surface area contributed by atoms with Gasteiger partial charge in [0.05, 0.1) is 5.69 Å². The number of benzene rings is 1. The summed E-state index contributed by atoms with van der Waals surface area (Å²) in [7, 11) is -3.42. The predicted octanol–water partition coefficient (Wildman–Crippen LogP) is 1.55. The highest BCUT2D eigenvalue weighted by atomic mass is 32.2. The lowest BCUT2D eigenvalue weighted by Gasteiger charge is -2.34. The van der Waals surface area contributed by atoms with E-state index < -0.39 is 10.2 Å². The lowest BCUT2D eigenvalue weighted by atomic mass is 10.0. The highest BCUT2D eigenvalue weighted by molar-refractivity contribution is 7.87. The van der Waals surface area contributed by atoms with Crippen LogP contribution in [0.3, 0.4) is 0 Å². The zero-order valence-corrected chi connectivity index (χ0v) is 13.2. The number of aryl methyl sites for hydroxylation is 1. The van der Waals surface area contributed by atoms with E-state index in [-0.39, 0.29) is 11.9 Å². The monoisotopic (exact) mass is 315 g/mol. The first-order valence-electron chi connectivity index (χ1n) is 7.19. The van der Waals surface area contributed by atoms with Crippen molar-refractivity contribution in [2.45, 2.75) is 32.7 Å². The van der Waals surface area contributed by atoms with Gasteiger partial charge >= 0.3 is 0 Å².